The topological polar surface area (TPSA) is 66.8 Å². The van der Waals surface area contributed by atoms with Crippen molar-refractivity contribution >= 4 is 11.9 Å². The maximum Gasteiger partial charge on any atom is 0.305 e. The van der Waals surface area contributed by atoms with Crippen molar-refractivity contribution in [2.75, 3.05) is 20.2 Å². The third-order valence-corrected chi connectivity index (χ3v) is 4.92. The van der Waals surface area contributed by atoms with Gasteiger partial charge in [-0.15, -0.1) is 0 Å². The van der Waals surface area contributed by atoms with E-state index < -0.39 is 5.97 Å². The van der Waals surface area contributed by atoms with Gasteiger partial charge in [0.15, 0.2) is 0 Å². The number of amides is 1. The Labute approximate surface area is 176 Å². The zero-order valence-electron chi connectivity index (χ0n) is 17.0. The molecule has 0 saturated heterocycles. The summed E-state index contributed by atoms with van der Waals surface area (Å²) in [6.07, 6.45) is 0.575. The lowest BCUT2D eigenvalue weighted by Gasteiger charge is -2.22. The Balaban J connectivity index is 1.83. The molecule has 0 unspecified atom stereocenters. The van der Waals surface area contributed by atoms with Crippen molar-refractivity contribution < 1.29 is 19.4 Å². The first kappa shape index (κ1) is 21.1. The summed E-state index contributed by atoms with van der Waals surface area (Å²) in [5.74, 6) is -0.367. The summed E-state index contributed by atoms with van der Waals surface area (Å²) in [6, 6.07) is 24.9. The number of carbonyl (C=O) groups is 2. The van der Waals surface area contributed by atoms with E-state index in [1.54, 1.807) is 18.1 Å². The van der Waals surface area contributed by atoms with Crippen LogP contribution in [0.1, 0.15) is 22.3 Å². The number of methoxy groups -OCH3 is 1. The smallest absolute Gasteiger partial charge is 0.305 e. The fourth-order valence-corrected chi connectivity index (χ4v) is 3.34. The van der Waals surface area contributed by atoms with Crippen LogP contribution >= 0.6 is 0 Å². The number of hydrogen-bond donors (Lipinski definition) is 1. The Bertz CT molecular complexity index is 1000. The fraction of sp³-hybridized carbons (Fsp3) is 0.200. The predicted octanol–water partition coefficient (Wildman–Crippen LogP) is 4.52. The average Bonchev–Trinajstić information content (AvgIpc) is 2.79. The summed E-state index contributed by atoms with van der Waals surface area (Å²) < 4.78 is 5.44. The minimum atomic E-state index is -0.921. The van der Waals surface area contributed by atoms with Gasteiger partial charge in [-0.1, -0.05) is 60.7 Å². The molecule has 0 aromatic heterocycles. The molecule has 0 aliphatic heterocycles. The molecule has 154 valence electrons. The SMILES string of the molecule is COc1ccccc1-c1cccc(C(=O)N(CCC(=O)O)CCc2ccccc2)c1. The van der Waals surface area contributed by atoms with Gasteiger partial charge in [0.25, 0.3) is 5.91 Å². The van der Waals surface area contributed by atoms with Gasteiger partial charge in [0, 0.05) is 24.2 Å². The minimum absolute atomic E-state index is 0.0905. The summed E-state index contributed by atoms with van der Waals surface area (Å²) in [4.78, 5) is 25.9. The Morgan fingerprint density at radius 3 is 2.37 bits per heavy atom. The van der Waals surface area contributed by atoms with Gasteiger partial charge < -0.3 is 14.7 Å². The van der Waals surface area contributed by atoms with E-state index in [0.717, 1.165) is 22.4 Å². The number of carboxylic acids is 1. The molecule has 5 heteroatoms. The highest BCUT2D eigenvalue weighted by atomic mass is 16.5. The molecule has 1 N–H and O–H groups in total. The molecule has 3 aromatic rings. The van der Waals surface area contributed by atoms with Gasteiger partial charge in [-0.05, 0) is 35.7 Å². The average molecular weight is 403 g/mol. The lowest BCUT2D eigenvalue weighted by molar-refractivity contribution is -0.137. The number of rotatable bonds is 9. The normalized spacial score (nSPS) is 10.4. The zero-order chi connectivity index (χ0) is 21.3. The number of carbonyl (C=O) groups excluding carboxylic acids is 1. The summed E-state index contributed by atoms with van der Waals surface area (Å²) in [5.41, 5.74) is 3.40. The van der Waals surface area contributed by atoms with Crippen molar-refractivity contribution in [1.29, 1.82) is 0 Å². The second-order valence-corrected chi connectivity index (χ2v) is 6.95. The van der Waals surface area contributed by atoms with E-state index in [4.69, 9.17) is 9.84 Å². The summed E-state index contributed by atoms with van der Waals surface area (Å²) >= 11 is 0. The van der Waals surface area contributed by atoms with E-state index in [9.17, 15) is 9.59 Å². The molecule has 0 saturated carbocycles. The van der Waals surface area contributed by atoms with Crippen LogP contribution in [0.3, 0.4) is 0 Å². The number of ether oxygens (including phenoxy) is 1. The zero-order valence-corrected chi connectivity index (χ0v) is 17.0. The van der Waals surface area contributed by atoms with Crippen molar-refractivity contribution in [2.45, 2.75) is 12.8 Å². The van der Waals surface area contributed by atoms with Crippen LogP contribution in [0.15, 0.2) is 78.9 Å². The molecule has 1 amide bonds. The first-order chi connectivity index (χ1) is 14.6. The monoisotopic (exact) mass is 403 g/mol. The molecule has 0 fully saturated rings. The number of hydrogen-bond acceptors (Lipinski definition) is 3. The Morgan fingerprint density at radius 2 is 1.63 bits per heavy atom. The Kier molecular flexibility index (Phi) is 7.22. The van der Waals surface area contributed by atoms with E-state index in [1.807, 2.05) is 72.8 Å². The van der Waals surface area contributed by atoms with E-state index in [2.05, 4.69) is 0 Å². The second kappa shape index (κ2) is 10.3. The highest BCUT2D eigenvalue weighted by Gasteiger charge is 2.18. The molecule has 0 aliphatic rings. The van der Waals surface area contributed by atoms with Gasteiger partial charge >= 0.3 is 5.97 Å². The van der Waals surface area contributed by atoms with Crippen LogP contribution in [0.25, 0.3) is 11.1 Å². The minimum Gasteiger partial charge on any atom is -0.496 e. The van der Waals surface area contributed by atoms with Gasteiger partial charge in [0.2, 0.25) is 0 Å². The van der Waals surface area contributed by atoms with Gasteiger partial charge in [0.05, 0.1) is 13.5 Å². The van der Waals surface area contributed by atoms with E-state index in [0.29, 0.717) is 18.5 Å². The Hall–Kier alpha value is -3.60. The standard InChI is InChI=1S/C25H25NO4/c1-30-23-13-6-5-12-22(23)20-10-7-11-21(18-20)25(29)26(17-15-24(27)28)16-14-19-8-3-2-4-9-19/h2-13,18H,14-17H2,1H3,(H,27,28). The maximum atomic E-state index is 13.2. The first-order valence-electron chi connectivity index (χ1n) is 9.87. The van der Waals surface area contributed by atoms with Crippen LogP contribution in [0.4, 0.5) is 0 Å². The van der Waals surface area contributed by atoms with E-state index in [-0.39, 0.29) is 18.9 Å². The largest absolute Gasteiger partial charge is 0.496 e. The summed E-state index contributed by atoms with van der Waals surface area (Å²) in [7, 11) is 1.62. The Morgan fingerprint density at radius 1 is 0.900 bits per heavy atom. The van der Waals surface area contributed by atoms with Crippen LogP contribution in [-0.2, 0) is 11.2 Å². The van der Waals surface area contributed by atoms with Crippen molar-refractivity contribution in [3.63, 3.8) is 0 Å². The molecule has 5 nitrogen and oxygen atoms in total. The highest BCUT2D eigenvalue weighted by molar-refractivity contribution is 5.96. The number of carboxylic acid groups (broad SMARTS) is 1. The predicted molar refractivity (Wildman–Crippen MR) is 117 cm³/mol. The molecule has 3 aromatic carbocycles. The molecule has 0 radical (unpaired) electrons. The number of aliphatic carboxylic acids is 1. The molecule has 0 atom stereocenters. The quantitative estimate of drug-likeness (QED) is 0.570. The van der Waals surface area contributed by atoms with Crippen LogP contribution < -0.4 is 4.74 Å². The molecular weight excluding hydrogens is 378 g/mol. The lowest BCUT2D eigenvalue weighted by Crippen LogP contribution is -2.34. The van der Waals surface area contributed by atoms with Crippen molar-refractivity contribution in [1.82, 2.24) is 4.90 Å². The second-order valence-electron chi connectivity index (χ2n) is 6.95. The number of para-hydroxylation sites is 1. The van der Waals surface area contributed by atoms with E-state index >= 15 is 0 Å². The third-order valence-electron chi connectivity index (χ3n) is 4.92. The van der Waals surface area contributed by atoms with Gasteiger partial charge in [-0.3, -0.25) is 9.59 Å². The molecule has 0 bridgehead atoms. The first-order valence-corrected chi connectivity index (χ1v) is 9.87. The fourth-order valence-electron chi connectivity index (χ4n) is 3.34. The maximum absolute atomic E-state index is 13.2. The van der Waals surface area contributed by atoms with Crippen LogP contribution in [0.5, 0.6) is 5.75 Å². The summed E-state index contributed by atoms with van der Waals surface area (Å²) in [6.45, 7) is 0.620. The van der Waals surface area contributed by atoms with Crippen LogP contribution in [0.2, 0.25) is 0 Å². The molecule has 30 heavy (non-hydrogen) atoms. The van der Waals surface area contributed by atoms with Crippen LogP contribution in [0, 0.1) is 0 Å². The van der Waals surface area contributed by atoms with Gasteiger partial charge in [-0.2, -0.15) is 0 Å². The highest BCUT2D eigenvalue weighted by Crippen LogP contribution is 2.30. The third kappa shape index (κ3) is 5.47. The van der Waals surface area contributed by atoms with Gasteiger partial charge in [-0.25, -0.2) is 0 Å². The molecule has 0 spiro atoms. The van der Waals surface area contributed by atoms with E-state index in [1.165, 1.54) is 0 Å². The molecule has 3 rings (SSSR count). The molecule has 0 aliphatic carbocycles. The van der Waals surface area contributed by atoms with Crippen molar-refractivity contribution in [2.24, 2.45) is 0 Å². The van der Waals surface area contributed by atoms with Crippen molar-refractivity contribution in [3.05, 3.63) is 90.0 Å². The number of benzene rings is 3. The van der Waals surface area contributed by atoms with Crippen LogP contribution in [-0.4, -0.2) is 42.1 Å². The number of nitrogens with zero attached hydrogens (tertiary/aromatic N) is 1. The lowest BCUT2D eigenvalue weighted by atomic mass is 10.0. The van der Waals surface area contributed by atoms with Crippen molar-refractivity contribution in [3.8, 4) is 16.9 Å². The molecular formula is C25H25NO4. The van der Waals surface area contributed by atoms with Gasteiger partial charge in [0.1, 0.15) is 5.75 Å². The summed E-state index contributed by atoms with van der Waals surface area (Å²) in [5, 5.41) is 9.10. The molecule has 0 heterocycles.